The smallest absolute Gasteiger partial charge is 0.230 e. The van der Waals surface area contributed by atoms with Gasteiger partial charge in [-0.2, -0.15) is 0 Å². The van der Waals surface area contributed by atoms with Crippen molar-refractivity contribution in [2.24, 2.45) is 0 Å². The summed E-state index contributed by atoms with van der Waals surface area (Å²) in [5, 5.41) is 14.1. The average Bonchev–Trinajstić information content (AvgIpc) is 3.22. The molecule has 9 heteroatoms. The van der Waals surface area contributed by atoms with Gasteiger partial charge in [0.05, 0.1) is 10.6 Å². The van der Waals surface area contributed by atoms with Crippen molar-refractivity contribution in [2.75, 3.05) is 11.6 Å². The highest BCUT2D eigenvalue weighted by Gasteiger charge is 2.14. The van der Waals surface area contributed by atoms with Crippen LogP contribution in [0.5, 0.6) is 0 Å². The number of nitrogens with two attached hydrogens (primary N) is 1. The van der Waals surface area contributed by atoms with E-state index in [0.29, 0.717) is 22.5 Å². The van der Waals surface area contributed by atoms with Crippen molar-refractivity contribution in [2.45, 2.75) is 11.7 Å². The number of rotatable bonds is 6. The van der Waals surface area contributed by atoms with Gasteiger partial charge in [-0.15, -0.1) is 21.5 Å². The third-order valence-corrected chi connectivity index (χ3v) is 5.20. The molecule has 3 aromatic rings. The zero-order valence-electron chi connectivity index (χ0n) is 12.5. The molecule has 0 atom stereocenters. The van der Waals surface area contributed by atoms with Gasteiger partial charge in [-0.1, -0.05) is 41.6 Å². The van der Waals surface area contributed by atoms with Crippen LogP contribution in [0.2, 0.25) is 5.02 Å². The summed E-state index contributed by atoms with van der Waals surface area (Å²) in [6, 6.07) is 11.2. The molecule has 0 radical (unpaired) electrons. The topological polar surface area (TPSA) is 85.8 Å². The number of aromatic nitrogens is 3. The molecule has 6 nitrogen and oxygen atoms in total. The molecule has 0 fully saturated rings. The van der Waals surface area contributed by atoms with Gasteiger partial charge >= 0.3 is 0 Å². The van der Waals surface area contributed by atoms with Crippen LogP contribution < -0.4 is 11.2 Å². The summed E-state index contributed by atoms with van der Waals surface area (Å²) >= 11 is 8.61. The second-order valence-electron chi connectivity index (χ2n) is 4.85. The molecule has 0 unspecified atom stereocenters. The minimum Gasteiger partial charge on any atom is -0.351 e. The molecule has 24 heavy (non-hydrogen) atoms. The van der Waals surface area contributed by atoms with E-state index in [1.165, 1.54) is 27.8 Å². The number of hydrogen-bond donors (Lipinski definition) is 2. The van der Waals surface area contributed by atoms with Gasteiger partial charge in [0.15, 0.2) is 5.82 Å². The van der Waals surface area contributed by atoms with Crippen LogP contribution in [0, 0.1) is 0 Å². The quantitative estimate of drug-likeness (QED) is 0.508. The van der Waals surface area contributed by atoms with Gasteiger partial charge in [-0.25, -0.2) is 4.68 Å². The number of amides is 1. The van der Waals surface area contributed by atoms with Gasteiger partial charge in [0.25, 0.3) is 0 Å². The lowest BCUT2D eigenvalue weighted by molar-refractivity contribution is -0.118. The molecule has 1 amide bonds. The van der Waals surface area contributed by atoms with Gasteiger partial charge < -0.3 is 11.2 Å². The summed E-state index contributed by atoms with van der Waals surface area (Å²) in [6.07, 6.45) is 0. The summed E-state index contributed by atoms with van der Waals surface area (Å²) < 4.78 is 1.41. The van der Waals surface area contributed by atoms with Crippen molar-refractivity contribution in [3.8, 4) is 10.7 Å². The van der Waals surface area contributed by atoms with Crippen LogP contribution in [0.3, 0.4) is 0 Å². The third-order valence-electron chi connectivity index (χ3n) is 3.14. The first-order valence-corrected chi connectivity index (χ1v) is 9.26. The number of thioether (sulfide) groups is 1. The zero-order valence-corrected chi connectivity index (χ0v) is 14.9. The Morgan fingerprint density at radius 3 is 2.79 bits per heavy atom. The van der Waals surface area contributed by atoms with E-state index in [1.54, 1.807) is 12.1 Å². The molecular formula is C15H14ClN5OS2. The predicted molar refractivity (Wildman–Crippen MR) is 97.5 cm³/mol. The van der Waals surface area contributed by atoms with Crippen LogP contribution >= 0.6 is 34.7 Å². The van der Waals surface area contributed by atoms with E-state index in [9.17, 15) is 4.79 Å². The van der Waals surface area contributed by atoms with Gasteiger partial charge in [0.1, 0.15) is 0 Å². The Labute approximate surface area is 152 Å². The summed E-state index contributed by atoms with van der Waals surface area (Å²) in [5.74, 6) is 6.70. The molecule has 0 bridgehead atoms. The van der Waals surface area contributed by atoms with E-state index in [1.807, 2.05) is 29.6 Å². The number of carbonyl (C=O) groups is 1. The fraction of sp³-hybridized carbons (Fsp3) is 0.133. The fourth-order valence-corrected chi connectivity index (χ4v) is 3.45. The maximum atomic E-state index is 11.9. The number of carbonyl (C=O) groups excluding carboxylic acids is 1. The summed E-state index contributed by atoms with van der Waals surface area (Å²) in [6.45, 7) is 0.451. The van der Waals surface area contributed by atoms with Crippen LogP contribution in [-0.2, 0) is 11.3 Å². The Kier molecular flexibility index (Phi) is 5.39. The Bertz CT molecular complexity index is 817. The highest BCUT2D eigenvalue weighted by atomic mass is 35.5. The van der Waals surface area contributed by atoms with E-state index in [0.717, 1.165) is 10.4 Å². The number of hydrogen-bond acceptors (Lipinski definition) is 6. The number of nitrogens with one attached hydrogen (secondary N) is 1. The molecule has 0 aliphatic heterocycles. The van der Waals surface area contributed by atoms with E-state index in [-0.39, 0.29) is 11.7 Å². The van der Waals surface area contributed by atoms with Crippen LogP contribution in [-0.4, -0.2) is 26.5 Å². The molecule has 0 saturated carbocycles. The number of thiophene rings is 1. The van der Waals surface area contributed by atoms with Crippen molar-refractivity contribution < 1.29 is 4.79 Å². The number of nitrogens with zero attached hydrogens (tertiary/aromatic N) is 3. The highest BCUT2D eigenvalue weighted by Crippen LogP contribution is 2.24. The summed E-state index contributed by atoms with van der Waals surface area (Å²) in [5.41, 5.74) is 0.986. The Morgan fingerprint density at radius 1 is 1.29 bits per heavy atom. The molecule has 3 N–H and O–H groups in total. The Hall–Kier alpha value is -2.03. The maximum absolute atomic E-state index is 11.9. The Morgan fingerprint density at radius 2 is 2.08 bits per heavy atom. The number of halogens is 1. The SMILES string of the molecule is Nn1c(SCC(=O)NCc2ccc(Cl)cc2)nnc1-c1cccs1. The van der Waals surface area contributed by atoms with E-state index in [4.69, 9.17) is 17.4 Å². The summed E-state index contributed by atoms with van der Waals surface area (Å²) in [4.78, 5) is 12.9. The minimum absolute atomic E-state index is 0.101. The number of benzene rings is 1. The standard InChI is InChI=1S/C15H14ClN5OS2/c16-11-5-3-10(4-6-11)8-18-13(22)9-24-15-20-19-14(21(15)17)12-2-1-7-23-12/h1-7H,8-9,17H2,(H,18,22). The predicted octanol–water partition coefficient (Wildman–Crippen LogP) is 2.78. The second kappa shape index (κ2) is 7.69. The van der Waals surface area contributed by atoms with Crippen molar-refractivity contribution in [1.29, 1.82) is 0 Å². The van der Waals surface area contributed by atoms with E-state index < -0.39 is 0 Å². The normalized spacial score (nSPS) is 10.7. The highest BCUT2D eigenvalue weighted by molar-refractivity contribution is 7.99. The molecule has 1 aromatic carbocycles. The molecule has 0 aliphatic carbocycles. The van der Waals surface area contributed by atoms with Crippen LogP contribution in [0.4, 0.5) is 0 Å². The first-order valence-electron chi connectivity index (χ1n) is 7.02. The van der Waals surface area contributed by atoms with Crippen LogP contribution in [0.25, 0.3) is 10.7 Å². The van der Waals surface area contributed by atoms with Gasteiger partial charge in [0, 0.05) is 11.6 Å². The molecule has 124 valence electrons. The lowest BCUT2D eigenvalue weighted by Gasteiger charge is -2.05. The molecular weight excluding hydrogens is 366 g/mol. The molecule has 0 aliphatic rings. The van der Waals surface area contributed by atoms with E-state index >= 15 is 0 Å². The molecule has 3 rings (SSSR count). The molecule has 2 heterocycles. The van der Waals surface area contributed by atoms with Crippen molar-refractivity contribution in [3.05, 3.63) is 52.4 Å². The minimum atomic E-state index is -0.101. The first-order chi connectivity index (χ1) is 11.6. The van der Waals surface area contributed by atoms with Gasteiger partial charge in [-0.05, 0) is 29.1 Å². The van der Waals surface area contributed by atoms with Crippen LogP contribution in [0.1, 0.15) is 5.56 Å². The Balaban J connectivity index is 1.52. The monoisotopic (exact) mass is 379 g/mol. The average molecular weight is 380 g/mol. The zero-order chi connectivity index (χ0) is 16.9. The first kappa shape index (κ1) is 16.8. The van der Waals surface area contributed by atoms with Crippen LogP contribution in [0.15, 0.2) is 46.9 Å². The summed E-state index contributed by atoms with van der Waals surface area (Å²) in [7, 11) is 0. The lowest BCUT2D eigenvalue weighted by atomic mass is 10.2. The maximum Gasteiger partial charge on any atom is 0.230 e. The molecule has 2 aromatic heterocycles. The van der Waals surface area contributed by atoms with Crippen molar-refractivity contribution >= 4 is 40.6 Å². The molecule has 0 saturated heterocycles. The van der Waals surface area contributed by atoms with Gasteiger partial charge in [-0.3, -0.25) is 4.79 Å². The largest absolute Gasteiger partial charge is 0.351 e. The van der Waals surface area contributed by atoms with Crippen molar-refractivity contribution in [1.82, 2.24) is 20.2 Å². The van der Waals surface area contributed by atoms with E-state index in [2.05, 4.69) is 15.5 Å². The third kappa shape index (κ3) is 4.08. The second-order valence-corrected chi connectivity index (χ2v) is 7.17. The van der Waals surface area contributed by atoms with Gasteiger partial charge in [0.2, 0.25) is 11.1 Å². The molecule has 0 spiro atoms. The fourth-order valence-electron chi connectivity index (χ4n) is 1.93. The van der Waals surface area contributed by atoms with Crippen molar-refractivity contribution in [3.63, 3.8) is 0 Å². The lowest BCUT2D eigenvalue weighted by Crippen LogP contribution is -2.25. The number of nitrogen functional groups attached to an aromatic ring is 1.